The van der Waals surface area contributed by atoms with Gasteiger partial charge in [0.2, 0.25) is 0 Å². The molecular formula is C11H18N4O5S. The van der Waals surface area contributed by atoms with Gasteiger partial charge in [-0.15, -0.1) is 0 Å². The Labute approximate surface area is 122 Å². The van der Waals surface area contributed by atoms with Crippen LogP contribution in [-0.2, 0) is 21.1 Å². The lowest BCUT2D eigenvalue weighted by atomic mass is 10.2. The molecule has 0 aliphatic carbocycles. The molecule has 0 aliphatic heterocycles. The number of carboxylic acids is 1. The molecule has 0 aliphatic rings. The highest BCUT2D eigenvalue weighted by Crippen LogP contribution is 1.98. The zero-order chi connectivity index (χ0) is 15.9. The molecule has 1 heterocycles. The molecule has 1 aromatic heterocycles. The first-order valence-corrected chi connectivity index (χ1v) is 8.11. The maximum absolute atomic E-state index is 11.6. The van der Waals surface area contributed by atoms with Crippen LogP contribution in [0, 0.1) is 0 Å². The summed E-state index contributed by atoms with van der Waals surface area (Å²) in [6, 6.07) is -1.86. The van der Waals surface area contributed by atoms with Crippen LogP contribution < -0.4 is 10.6 Å². The van der Waals surface area contributed by atoms with Crippen molar-refractivity contribution in [1.29, 1.82) is 0 Å². The van der Waals surface area contributed by atoms with E-state index < -0.39 is 27.9 Å². The van der Waals surface area contributed by atoms with E-state index in [2.05, 4.69) is 20.6 Å². The summed E-state index contributed by atoms with van der Waals surface area (Å²) >= 11 is 0. The number of hydrogen-bond acceptors (Lipinski definition) is 5. The van der Waals surface area contributed by atoms with Gasteiger partial charge in [0.05, 0.1) is 12.1 Å². The van der Waals surface area contributed by atoms with Gasteiger partial charge in [-0.05, 0) is 0 Å². The molecule has 1 rings (SSSR count). The molecule has 0 fully saturated rings. The quantitative estimate of drug-likeness (QED) is 0.491. The Bertz CT molecular complexity index is 569. The third-order valence-electron chi connectivity index (χ3n) is 2.72. The van der Waals surface area contributed by atoms with Gasteiger partial charge in [0.25, 0.3) is 0 Å². The van der Waals surface area contributed by atoms with Crippen LogP contribution in [0.3, 0.4) is 0 Å². The van der Waals surface area contributed by atoms with Crippen LogP contribution in [0.2, 0.25) is 0 Å². The van der Waals surface area contributed by atoms with Crippen LogP contribution in [0.4, 0.5) is 4.79 Å². The number of rotatable bonds is 8. The van der Waals surface area contributed by atoms with Crippen molar-refractivity contribution in [2.24, 2.45) is 0 Å². The van der Waals surface area contributed by atoms with Crippen LogP contribution in [0.5, 0.6) is 0 Å². The normalized spacial score (nSPS) is 12.6. The molecule has 2 amide bonds. The number of carbonyl (C=O) groups excluding carboxylic acids is 1. The Balaban J connectivity index is 2.44. The van der Waals surface area contributed by atoms with E-state index in [1.807, 2.05) is 0 Å². The number of amides is 2. The van der Waals surface area contributed by atoms with Gasteiger partial charge < -0.3 is 20.7 Å². The van der Waals surface area contributed by atoms with E-state index >= 15 is 0 Å². The molecule has 0 saturated heterocycles. The van der Waals surface area contributed by atoms with E-state index in [4.69, 9.17) is 5.11 Å². The summed E-state index contributed by atoms with van der Waals surface area (Å²) in [6.07, 6.45) is 2.92. The fourth-order valence-electron chi connectivity index (χ4n) is 1.49. The van der Waals surface area contributed by atoms with E-state index in [9.17, 15) is 18.0 Å². The number of sulfone groups is 1. The number of aromatic nitrogens is 2. The van der Waals surface area contributed by atoms with Gasteiger partial charge in [0.15, 0.2) is 9.84 Å². The molecular weight excluding hydrogens is 300 g/mol. The molecule has 1 aromatic rings. The first-order chi connectivity index (χ1) is 9.84. The van der Waals surface area contributed by atoms with Gasteiger partial charge in [-0.3, -0.25) is 0 Å². The zero-order valence-corrected chi connectivity index (χ0v) is 12.3. The number of H-pyrrole nitrogens is 1. The largest absolute Gasteiger partial charge is 0.480 e. The average Bonchev–Trinajstić information content (AvgIpc) is 2.90. The topological polar surface area (TPSA) is 141 Å². The van der Waals surface area contributed by atoms with Gasteiger partial charge in [0.1, 0.15) is 6.04 Å². The summed E-state index contributed by atoms with van der Waals surface area (Å²) in [4.78, 5) is 29.1. The molecule has 9 nitrogen and oxygen atoms in total. The molecule has 0 spiro atoms. The van der Waals surface area contributed by atoms with E-state index in [-0.39, 0.29) is 24.5 Å². The Morgan fingerprint density at radius 2 is 2.19 bits per heavy atom. The van der Waals surface area contributed by atoms with Gasteiger partial charge >= 0.3 is 12.0 Å². The molecule has 0 bridgehead atoms. The maximum Gasteiger partial charge on any atom is 0.326 e. The smallest absolute Gasteiger partial charge is 0.326 e. The van der Waals surface area contributed by atoms with Crippen molar-refractivity contribution in [3.8, 4) is 0 Å². The third-order valence-corrected chi connectivity index (χ3v) is 4.43. The minimum absolute atomic E-state index is 0.00608. The zero-order valence-electron chi connectivity index (χ0n) is 11.5. The molecule has 10 heteroatoms. The summed E-state index contributed by atoms with van der Waals surface area (Å²) < 4.78 is 22.5. The monoisotopic (exact) mass is 318 g/mol. The van der Waals surface area contributed by atoms with E-state index in [1.165, 1.54) is 19.4 Å². The highest BCUT2D eigenvalue weighted by Gasteiger charge is 2.21. The fraction of sp³-hybridized carbons (Fsp3) is 0.545. The van der Waals surface area contributed by atoms with Gasteiger partial charge in [-0.1, -0.05) is 6.92 Å². The van der Waals surface area contributed by atoms with E-state index in [1.54, 1.807) is 0 Å². The second-order valence-electron chi connectivity index (χ2n) is 4.31. The minimum Gasteiger partial charge on any atom is -0.480 e. The lowest BCUT2D eigenvalue weighted by molar-refractivity contribution is -0.139. The molecule has 0 aromatic carbocycles. The van der Waals surface area contributed by atoms with Crippen molar-refractivity contribution in [3.05, 3.63) is 18.2 Å². The first kappa shape index (κ1) is 17.0. The second kappa shape index (κ2) is 7.62. The first-order valence-electron chi connectivity index (χ1n) is 6.29. The van der Waals surface area contributed by atoms with Crippen LogP contribution in [-0.4, -0.2) is 59.6 Å². The number of carbonyl (C=O) groups is 2. The Morgan fingerprint density at radius 3 is 2.71 bits per heavy atom. The van der Waals surface area contributed by atoms with Gasteiger partial charge in [-0.25, -0.2) is 23.0 Å². The van der Waals surface area contributed by atoms with Crippen molar-refractivity contribution >= 4 is 21.8 Å². The second-order valence-corrected chi connectivity index (χ2v) is 6.78. The Kier molecular flexibility index (Phi) is 6.15. The third kappa shape index (κ3) is 6.25. The molecule has 118 valence electrons. The van der Waals surface area contributed by atoms with Crippen molar-refractivity contribution < 1.29 is 23.1 Å². The fourth-order valence-corrected chi connectivity index (χ4v) is 2.19. The van der Waals surface area contributed by atoms with Crippen molar-refractivity contribution in [2.45, 2.75) is 19.4 Å². The number of aromatic amines is 1. The van der Waals surface area contributed by atoms with Crippen LogP contribution in [0.25, 0.3) is 0 Å². The SMILES string of the molecule is CCS(=O)(=O)CCNC(=O)N[C@@H](Cc1cnc[nH]1)C(=O)O. The number of aliphatic carboxylic acids is 1. The van der Waals surface area contributed by atoms with Gasteiger partial charge in [-0.2, -0.15) is 0 Å². The number of nitrogens with one attached hydrogen (secondary N) is 3. The summed E-state index contributed by atoms with van der Waals surface area (Å²) in [5.41, 5.74) is 0.566. The number of carboxylic acid groups (broad SMARTS) is 1. The summed E-state index contributed by atoms with van der Waals surface area (Å²) in [5, 5.41) is 13.6. The predicted octanol–water partition coefficient (Wildman–Crippen LogP) is -0.861. The summed E-state index contributed by atoms with van der Waals surface area (Å²) in [5.74, 6) is -1.38. The molecule has 1 atom stereocenters. The number of imidazole rings is 1. The Morgan fingerprint density at radius 1 is 1.48 bits per heavy atom. The molecule has 0 unspecified atom stereocenters. The highest BCUT2D eigenvalue weighted by atomic mass is 32.2. The lowest BCUT2D eigenvalue weighted by Crippen LogP contribution is -2.48. The average molecular weight is 318 g/mol. The van der Waals surface area contributed by atoms with E-state index in [0.29, 0.717) is 5.69 Å². The lowest BCUT2D eigenvalue weighted by Gasteiger charge is -2.14. The molecule has 4 N–H and O–H groups in total. The van der Waals surface area contributed by atoms with Crippen molar-refractivity contribution in [2.75, 3.05) is 18.1 Å². The molecule has 21 heavy (non-hydrogen) atoms. The van der Waals surface area contributed by atoms with Crippen LogP contribution >= 0.6 is 0 Å². The summed E-state index contributed by atoms with van der Waals surface area (Å²) in [7, 11) is -3.17. The number of hydrogen-bond donors (Lipinski definition) is 4. The highest BCUT2D eigenvalue weighted by molar-refractivity contribution is 7.91. The van der Waals surface area contributed by atoms with Gasteiger partial charge in [0, 0.05) is 30.6 Å². The maximum atomic E-state index is 11.6. The summed E-state index contributed by atoms with van der Waals surface area (Å²) in [6.45, 7) is 1.44. The Hall–Kier alpha value is -2.10. The van der Waals surface area contributed by atoms with Crippen molar-refractivity contribution in [3.63, 3.8) is 0 Å². The molecule has 0 radical (unpaired) electrons. The van der Waals surface area contributed by atoms with E-state index in [0.717, 1.165) is 0 Å². The number of urea groups is 1. The number of nitrogens with zero attached hydrogens (tertiary/aromatic N) is 1. The predicted molar refractivity (Wildman–Crippen MR) is 74.6 cm³/mol. The standard InChI is InChI=1S/C11H18N4O5S/c1-2-21(19,20)4-3-13-11(18)15-9(10(16)17)5-8-6-12-7-14-8/h6-7,9H,2-5H2,1H3,(H,12,14)(H,16,17)(H2,13,15,18)/t9-/m0/s1. The molecule has 0 saturated carbocycles. The van der Waals surface area contributed by atoms with Crippen LogP contribution in [0.1, 0.15) is 12.6 Å². The van der Waals surface area contributed by atoms with Crippen LogP contribution in [0.15, 0.2) is 12.5 Å². The van der Waals surface area contributed by atoms with Crippen molar-refractivity contribution in [1.82, 2.24) is 20.6 Å². The minimum atomic E-state index is -3.17.